The minimum absolute atomic E-state index is 0.236. The van der Waals surface area contributed by atoms with Gasteiger partial charge in [-0.15, -0.1) is 0 Å². The van der Waals surface area contributed by atoms with E-state index < -0.39 is 124 Å². The molecule has 3 aliphatic heterocycles. The Morgan fingerprint density at radius 2 is 0.653 bits per heavy atom. The van der Waals surface area contributed by atoms with Crippen molar-refractivity contribution in [2.24, 2.45) is 0 Å². The number of carbonyl (C=O) groups excluding carboxylic acids is 1. The molecule has 17 atom stereocenters. The molecule has 1 amide bonds. The van der Waals surface area contributed by atoms with Crippen LogP contribution >= 0.6 is 0 Å². The molecule has 0 aromatic rings. The highest BCUT2D eigenvalue weighted by Gasteiger charge is 2.54. The predicted octanol–water partition coefficient (Wildman–Crippen LogP) is 13.1. The molecule has 576 valence electrons. The van der Waals surface area contributed by atoms with E-state index in [1.165, 1.54) is 250 Å². The van der Waals surface area contributed by atoms with Gasteiger partial charge in [-0.1, -0.05) is 314 Å². The largest absolute Gasteiger partial charge is 0.394 e. The summed E-state index contributed by atoms with van der Waals surface area (Å²) >= 11 is 0. The summed E-state index contributed by atoms with van der Waals surface area (Å²) in [5, 5.41) is 121. The van der Waals surface area contributed by atoms with E-state index in [2.05, 4.69) is 43.5 Å². The van der Waals surface area contributed by atoms with Gasteiger partial charge in [0.2, 0.25) is 5.91 Å². The van der Waals surface area contributed by atoms with Crippen molar-refractivity contribution in [2.75, 3.05) is 26.4 Å². The third kappa shape index (κ3) is 40.3. The Morgan fingerprint density at radius 3 is 1.02 bits per heavy atom. The first kappa shape index (κ1) is 90.2. The quantitative estimate of drug-likeness (QED) is 0.0199. The third-order valence-corrected chi connectivity index (χ3v) is 20.2. The lowest BCUT2D eigenvalue weighted by Gasteiger charge is -2.48. The minimum Gasteiger partial charge on any atom is -0.394 e. The van der Waals surface area contributed by atoms with Crippen LogP contribution in [0.5, 0.6) is 0 Å². The van der Waals surface area contributed by atoms with Crippen molar-refractivity contribution >= 4 is 5.91 Å². The summed E-state index contributed by atoms with van der Waals surface area (Å²) in [5.74, 6) is -0.283. The lowest BCUT2D eigenvalue weighted by Crippen LogP contribution is -2.66. The molecule has 0 aromatic carbocycles. The molecule has 0 saturated carbocycles. The Morgan fingerprint density at radius 1 is 0.357 bits per heavy atom. The average Bonchev–Trinajstić information content (AvgIpc) is 0.784. The fourth-order valence-corrected chi connectivity index (χ4v) is 13.7. The normalized spacial score (nSPS) is 26.9. The highest BCUT2D eigenvalue weighted by Crippen LogP contribution is 2.33. The van der Waals surface area contributed by atoms with Gasteiger partial charge in [0.25, 0.3) is 0 Å². The zero-order valence-corrected chi connectivity index (χ0v) is 61.5. The van der Waals surface area contributed by atoms with Crippen molar-refractivity contribution in [1.29, 1.82) is 0 Å². The third-order valence-electron chi connectivity index (χ3n) is 20.2. The molecule has 0 spiro atoms. The zero-order valence-electron chi connectivity index (χ0n) is 61.5. The smallest absolute Gasteiger partial charge is 0.220 e. The van der Waals surface area contributed by atoms with Gasteiger partial charge < -0.3 is 89.9 Å². The molecule has 98 heavy (non-hydrogen) atoms. The van der Waals surface area contributed by atoms with E-state index in [4.69, 9.17) is 28.4 Å². The lowest BCUT2D eigenvalue weighted by atomic mass is 9.96. The van der Waals surface area contributed by atoms with Gasteiger partial charge in [-0.3, -0.25) is 4.79 Å². The number of carbonyl (C=O) groups is 1. The summed E-state index contributed by atoms with van der Waals surface area (Å²) in [6, 6.07) is -0.996. The number of amides is 1. The molecule has 0 aromatic heterocycles. The second kappa shape index (κ2) is 60.3. The van der Waals surface area contributed by atoms with E-state index >= 15 is 0 Å². The Hall–Kier alpha value is -1.99. The van der Waals surface area contributed by atoms with Crippen LogP contribution in [0.25, 0.3) is 0 Å². The maximum atomic E-state index is 13.5. The van der Waals surface area contributed by atoms with Crippen LogP contribution in [0.15, 0.2) is 36.5 Å². The van der Waals surface area contributed by atoms with Crippen LogP contribution in [0.4, 0.5) is 0 Å². The monoisotopic (exact) mass is 1400 g/mol. The summed E-state index contributed by atoms with van der Waals surface area (Å²) in [5.41, 5.74) is 0. The molecule has 0 radical (unpaired) electrons. The highest BCUT2D eigenvalue weighted by atomic mass is 16.8. The van der Waals surface area contributed by atoms with E-state index in [-0.39, 0.29) is 18.9 Å². The molecule has 19 nitrogen and oxygen atoms in total. The molecule has 12 N–H and O–H groups in total. The molecule has 3 rings (SSSR count). The van der Waals surface area contributed by atoms with Crippen LogP contribution in [0, 0.1) is 0 Å². The van der Waals surface area contributed by atoms with Gasteiger partial charge in [0.1, 0.15) is 73.2 Å². The molecule has 3 saturated heterocycles. The predicted molar refractivity (Wildman–Crippen MR) is 388 cm³/mol. The number of nitrogens with one attached hydrogen (secondary N) is 1. The number of allylic oxidation sites excluding steroid dienone is 5. The van der Waals surface area contributed by atoms with E-state index in [0.29, 0.717) is 12.8 Å². The molecule has 0 aliphatic carbocycles. The van der Waals surface area contributed by atoms with E-state index in [1.807, 2.05) is 6.08 Å². The molecule has 3 heterocycles. The standard InChI is InChI=1S/C79H147NO18/c1-3-5-7-9-11-13-15-17-19-21-23-25-27-29-30-31-32-33-35-37-39-41-43-45-47-49-51-53-55-57-67(85)80-62(63(84)56-54-52-50-48-46-44-42-40-38-36-34-28-26-24-22-20-18-16-14-12-10-8-6-4-2)61-93-77-73(91)70(88)75(65(59-82)95-77)98-79-74(92)71(89)76(66(60-83)96-79)97-78-72(90)69(87)68(86)64(58-81)94-78/h38,40,46,48,54,56,62-66,68-79,81-84,86-92H,3-37,39,41-45,47,49-53,55,57-61H2,1-2H3,(H,80,85)/b40-38+,48-46+,56-54+. The topological polar surface area (TPSA) is 307 Å². The fraction of sp³-hybridized carbons (Fsp3) is 0.911. The van der Waals surface area contributed by atoms with Gasteiger partial charge in [0.05, 0.1) is 38.6 Å². The van der Waals surface area contributed by atoms with Crippen molar-refractivity contribution in [3.8, 4) is 0 Å². The van der Waals surface area contributed by atoms with Crippen LogP contribution in [-0.4, -0.2) is 193 Å². The van der Waals surface area contributed by atoms with E-state index in [1.54, 1.807) is 6.08 Å². The highest BCUT2D eigenvalue weighted by molar-refractivity contribution is 5.76. The Balaban J connectivity index is 1.39. The van der Waals surface area contributed by atoms with Crippen LogP contribution < -0.4 is 5.32 Å². The molecular formula is C79H147NO18. The number of aliphatic hydroxyl groups is 11. The van der Waals surface area contributed by atoms with Gasteiger partial charge in [0, 0.05) is 6.42 Å². The molecule has 17 unspecified atom stereocenters. The van der Waals surface area contributed by atoms with Crippen molar-refractivity contribution in [2.45, 2.75) is 433 Å². The number of hydrogen-bond acceptors (Lipinski definition) is 18. The van der Waals surface area contributed by atoms with E-state index in [0.717, 1.165) is 44.9 Å². The van der Waals surface area contributed by atoms with Gasteiger partial charge in [0.15, 0.2) is 18.9 Å². The second-order valence-corrected chi connectivity index (χ2v) is 28.9. The van der Waals surface area contributed by atoms with Crippen molar-refractivity contribution in [1.82, 2.24) is 5.32 Å². The first-order chi connectivity index (χ1) is 47.8. The molecule has 3 fully saturated rings. The number of unbranched alkanes of at least 4 members (excludes halogenated alkanes) is 44. The first-order valence-electron chi connectivity index (χ1n) is 40.2. The average molecular weight is 1400 g/mol. The number of aliphatic hydroxyl groups excluding tert-OH is 11. The Labute approximate surface area is 593 Å². The number of hydrogen-bond donors (Lipinski definition) is 12. The first-order valence-corrected chi connectivity index (χ1v) is 40.2. The molecular weight excluding hydrogens is 1250 g/mol. The van der Waals surface area contributed by atoms with Crippen molar-refractivity contribution in [3.05, 3.63) is 36.5 Å². The van der Waals surface area contributed by atoms with Crippen molar-refractivity contribution in [3.63, 3.8) is 0 Å². The SMILES string of the molecule is CCCCCCCCCCCCCCCC/C=C/CC/C=C/CC/C=C/C(O)C(COC1OC(CO)C(OC2OC(CO)C(OC3OC(CO)C(O)C(O)C3O)C(O)C2O)C(O)C1O)NC(=O)CCCCCCCCCCCCCCCCCCCCCCCCCCCCCCC. The second-order valence-electron chi connectivity index (χ2n) is 28.9. The summed E-state index contributed by atoms with van der Waals surface area (Å²) in [6.07, 6.45) is 47.1. The maximum absolute atomic E-state index is 13.5. The summed E-state index contributed by atoms with van der Waals surface area (Å²) in [4.78, 5) is 13.5. The van der Waals surface area contributed by atoms with Crippen LogP contribution in [0.2, 0.25) is 0 Å². The fourth-order valence-electron chi connectivity index (χ4n) is 13.7. The van der Waals surface area contributed by atoms with Gasteiger partial charge >= 0.3 is 0 Å². The summed E-state index contributed by atoms with van der Waals surface area (Å²) < 4.78 is 34.4. The molecule has 3 aliphatic rings. The lowest BCUT2D eigenvalue weighted by molar-refractivity contribution is -0.379. The van der Waals surface area contributed by atoms with Crippen molar-refractivity contribution < 1.29 is 89.4 Å². The van der Waals surface area contributed by atoms with Crippen LogP contribution in [0.3, 0.4) is 0 Å². The van der Waals surface area contributed by atoms with Gasteiger partial charge in [-0.05, 0) is 44.9 Å². The van der Waals surface area contributed by atoms with Gasteiger partial charge in [-0.2, -0.15) is 0 Å². The number of ether oxygens (including phenoxy) is 6. The minimum atomic E-state index is -1.98. The summed E-state index contributed by atoms with van der Waals surface area (Å²) in [6.45, 7) is 1.76. The van der Waals surface area contributed by atoms with Crippen LogP contribution in [-0.2, 0) is 33.2 Å². The summed E-state index contributed by atoms with van der Waals surface area (Å²) in [7, 11) is 0. The Bertz CT molecular complexity index is 1910. The molecule has 19 heteroatoms. The zero-order chi connectivity index (χ0) is 71.1. The number of rotatable bonds is 64. The maximum Gasteiger partial charge on any atom is 0.220 e. The van der Waals surface area contributed by atoms with Gasteiger partial charge in [-0.25, -0.2) is 0 Å². The molecule has 0 bridgehead atoms. The van der Waals surface area contributed by atoms with E-state index in [9.17, 15) is 61.0 Å². The van der Waals surface area contributed by atoms with Crippen LogP contribution in [0.1, 0.15) is 328 Å². The Kier molecular flexibility index (Phi) is 55.5.